The van der Waals surface area contributed by atoms with Gasteiger partial charge in [-0.25, -0.2) is 18.0 Å². The van der Waals surface area contributed by atoms with Crippen molar-refractivity contribution in [2.24, 2.45) is 0 Å². The van der Waals surface area contributed by atoms with Gasteiger partial charge in [-0.3, -0.25) is 0 Å². The van der Waals surface area contributed by atoms with Crippen molar-refractivity contribution in [2.45, 2.75) is 13.5 Å². The highest BCUT2D eigenvalue weighted by Gasteiger charge is 2.14. The number of halogens is 3. The van der Waals surface area contributed by atoms with Crippen LogP contribution in [0.4, 0.5) is 23.7 Å². The van der Waals surface area contributed by atoms with Gasteiger partial charge in [-0.2, -0.15) is 0 Å². The topological polar surface area (TPSA) is 41.1 Å². The predicted molar refractivity (Wildman–Crippen MR) is 73.4 cm³/mol. The van der Waals surface area contributed by atoms with Gasteiger partial charge >= 0.3 is 6.03 Å². The maximum Gasteiger partial charge on any atom is 0.319 e. The van der Waals surface area contributed by atoms with Crippen LogP contribution in [0.1, 0.15) is 11.1 Å². The summed E-state index contributed by atoms with van der Waals surface area (Å²) in [6.45, 7) is 2.17. The second kappa shape index (κ2) is 6.30. The van der Waals surface area contributed by atoms with Crippen LogP contribution in [-0.4, -0.2) is 6.03 Å². The van der Waals surface area contributed by atoms with Gasteiger partial charge in [0.25, 0.3) is 0 Å². The van der Waals surface area contributed by atoms with E-state index in [1.165, 1.54) is 0 Å². The van der Waals surface area contributed by atoms with E-state index in [4.69, 9.17) is 0 Å². The summed E-state index contributed by atoms with van der Waals surface area (Å²) >= 11 is 0. The summed E-state index contributed by atoms with van der Waals surface area (Å²) in [5, 5.41) is 4.62. The third-order valence-electron chi connectivity index (χ3n) is 2.86. The van der Waals surface area contributed by atoms with Gasteiger partial charge in [-0.1, -0.05) is 29.8 Å². The summed E-state index contributed by atoms with van der Waals surface area (Å²) in [5.74, 6) is -4.36. The van der Waals surface area contributed by atoms with E-state index in [-0.39, 0.29) is 6.54 Å². The number of urea groups is 1. The van der Waals surface area contributed by atoms with Gasteiger partial charge in [0.2, 0.25) is 0 Å². The minimum Gasteiger partial charge on any atom is -0.334 e. The van der Waals surface area contributed by atoms with E-state index in [9.17, 15) is 18.0 Å². The van der Waals surface area contributed by atoms with Crippen molar-refractivity contribution < 1.29 is 18.0 Å². The molecule has 6 heteroatoms. The molecule has 0 saturated carbocycles. The van der Waals surface area contributed by atoms with Crippen molar-refractivity contribution in [3.8, 4) is 0 Å². The Morgan fingerprint density at radius 2 is 1.67 bits per heavy atom. The Morgan fingerprint density at radius 3 is 2.33 bits per heavy atom. The normalized spacial score (nSPS) is 10.3. The summed E-state index contributed by atoms with van der Waals surface area (Å²) in [7, 11) is 0. The zero-order valence-electron chi connectivity index (χ0n) is 11.2. The van der Waals surface area contributed by atoms with Gasteiger partial charge in [0.05, 0.1) is 5.69 Å². The van der Waals surface area contributed by atoms with E-state index in [1.54, 1.807) is 0 Å². The van der Waals surface area contributed by atoms with E-state index in [1.807, 2.05) is 31.2 Å². The molecule has 0 aliphatic heterocycles. The Hall–Kier alpha value is -2.50. The number of aryl methyl sites for hydroxylation is 1. The lowest BCUT2D eigenvalue weighted by atomic mass is 10.1. The number of hydrogen-bond donors (Lipinski definition) is 2. The van der Waals surface area contributed by atoms with E-state index >= 15 is 0 Å². The maximum atomic E-state index is 13.4. The van der Waals surface area contributed by atoms with E-state index < -0.39 is 29.2 Å². The van der Waals surface area contributed by atoms with Crippen molar-refractivity contribution in [3.63, 3.8) is 0 Å². The molecule has 2 N–H and O–H groups in total. The lowest BCUT2D eigenvalue weighted by Gasteiger charge is -2.09. The van der Waals surface area contributed by atoms with Crippen molar-refractivity contribution in [1.29, 1.82) is 0 Å². The fourth-order valence-electron chi connectivity index (χ4n) is 1.68. The highest BCUT2D eigenvalue weighted by molar-refractivity contribution is 5.89. The Kier molecular flexibility index (Phi) is 4.47. The van der Waals surface area contributed by atoms with E-state index in [0.29, 0.717) is 0 Å². The average molecular weight is 294 g/mol. The second-order valence-corrected chi connectivity index (χ2v) is 4.52. The molecule has 0 radical (unpaired) electrons. The lowest BCUT2D eigenvalue weighted by molar-refractivity contribution is 0.251. The van der Waals surface area contributed by atoms with E-state index in [2.05, 4.69) is 10.6 Å². The molecule has 0 fully saturated rings. The number of rotatable bonds is 3. The van der Waals surface area contributed by atoms with Gasteiger partial charge in [0, 0.05) is 6.54 Å². The fourth-order valence-corrected chi connectivity index (χ4v) is 1.68. The summed E-state index contributed by atoms with van der Waals surface area (Å²) in [4.78, 5) is 11.6. The summed E-state index contributed by atoms with van der Waals surface area (Å²) in [6.07, 6.45) is 0. The monoisotopic (exact) mass is 294 g/mol. The molecule has 0 heterocycles. The van der Waals surface area contributed by atoms with Crippen LogP contribution in [-0.2, 0) is 6.54 Å². The molecule has 0 saturated heterocycles. The average Bonchev–Trinajstić information content (AvgIpc) is 2.47. The van der Waals surface area contributed by atoms with Crippen molar-refractivity contribution >= 4 is 11.7 Å². The van der Waals surface area contributed by atoms with E-state index in [0.717, 1.165) is 23.3 Å². The van der Waals surface area contributed by atoms with Crippen molar-refractivity contribution in [2.75, 3.05) is 5.32 Å². The number of carbonyl (C=O) groups excluding carboxylic acids is 1. The Labute approximate surface area is 119 Å². The molecular weight excluding hydrogens is 281 g/mol. The van der Waals surface area contributed by atoms with Crippen molar-refractivity contribution in [3.05, 3.63) is 65.0 Å². The highest BCUT2D eigenvalue weighted by atomic mass is 19.2. The first-order chi connectivity index (χ1) is 9.97. The molecule has 0 aliphatic carbocycles. The predicted octanol–water partition coefficient (Wildman–Crippen LogP) is 3.73. The molecule has 0 bridgehead atoms. The summed E-state index contributed by atoms with van der Waals surface area (Å²) in [6, 6.07) is 8.46. The van der Waals surface area contributed by atoms with Crippen LogP contribution in [0.3, 0.4) is 0 Å². The first-order valence-corrected chi connectivity index (χ1v) is 6.21. The molecular formula is C15H13F3N2O. The molecule has 2 amide bonds. The third kappa shape index (κ3) is 3.75. The largest absolute Gasteiger partial charge is 0.334 e. The molecule has 0 unspecified atom stereocenters. The maximum absolute atomic E-state index is 13.4. The molecule has 2 rings (SSSR count). The smallest absolute Gasteiger partial charge is 0.319 e. The molecule has 0 atom stereocenters. The number of amides is 2. The van der Waals surface area contributed by atoms with Crippen LogP contribution in [0.2, 0.25) is 0 Å². The first kappa shape index (κ1) is 14.9. The number of anilines is 1. The molecule has 0 aromatic heterocycles. The molecule has 2 aromatic rings. The van der Waals surface area contributed by atoms with Gasteiger partial charge in [0.15, 0.2) is 17.5 Å². The second-order valence-electron chi connectivity index (χ2n) is 4.52. The summed E-state index contributed by atoms with van der Waals surface area (Å²) < 4.78 is 39.1. The Morgan fingerprint density at radius 1 is 1.00 bits per heavy atom. The minimum atomic E-state index is -1.62. The van der Waals surface area contributed by atoms with Crippen LogP contribution in [0.15, 0.2) is 36.4 Å². The van der Waals surface area contributed by atoms with Gasteiger partial charge in [-0.05, 0) is 24.6 Å². The van der Waals surface area contributed by atoms with Crippen LogP contribution in [0, 0.1) is 24.4 Å². The Balaban J connectivity index is 1.96. The SMILES string of the molecule is Cc1ccc(CNC(=O)Nc2ccc(F)c(F)c2F)cc1. The van der Waals surface area contributed by atoms with Crippen LogP contribution < -0.4 is 10.6 Å². The van der Waals surface area contributed by atoms with Crippen LogP contribution in [0.25, 0.3) is 0 Å². The van der Waals surface area contributed by atoms with Crippen LogP contribution in [0.5, 0.6) is 0 Å². The molecule has 21 heavy (non-hydrogen) atoms. The minimum absolute atomic E-state index is 0.234. The number of carbonyl (C=O) groups is 1. The molecule has 0 aliphatic rings. The Bertz CT molecular complexity index is 657. The number of nitrogens with one attached hydrogen (secondary N) is 2. The number of hydrogen-bond acceptors (Lipinski definition) is 1. The van der Waals surface area contributed by atoms with Gasteiger partial charge < -0.3 is 10.6 Å². The van der Waals surface area contributed by atoms with Crippen molar-refractivity contribution in [1.82, 2.24) is 5.32 Å². The van der Waals surface area contributed by atoms with Crippen LogP contribution >= 0.6 is 0 Å². The molecule has 2 aromatic carbocycles. The summed E-state index contributed by atoms with van der Waals surface area (Å²) in [5.41, 5.74) is 1.53. The highest BCUT2D eigenvalue weighted by Crippen LogP contribution is 2.19. The molecule has 3 nitrogen and oxygen atoms in total. The quantitative estimate of drug-likeness (QED) is 0.832. The molecule has 0 spiro atoms. The zero-order valence-corrected chi connectivity index (χ0v) is 11.2. The first-order valence-electron chi connectivity index (χ1n) is 6.21. The third-order valence-corrected chi connectivity index (χ3v) is 2.86. The van der Waals surface area contributed by atoms with Gasteiger partial charge in [-0.15, -0.1) is 0 Å². The molecule has 110 valence electrons. The number of benzene rings is 2. The fraction of sp³-hybridized carbons (Fsp3) is 0.133. The zero-order chi connectivity index (χ0) is 15.4. The standard InChI is InChI=1S/C15H13F3N2O/c1-9-2-4-10(5-3-9)8-19-15(21)20-12-7-6-11(16)13(17)14(12)18/h2-7H,8H2,1H3,(H2,19,20,21). The van der Waals surface area contributed by atoms with Gasteiger partial charge in [0.1, 0.15) is 0 Å². The lowest BCUT2D eigenvalue weighted by Crippen LogP contribution is -2.28.